The third-order valence-corrected chi connectivity index (χ3v) is 4.90. The molecule has 2 unspecified atom stereocenters. The quantitative estimate of drug-likeness (QED) is 0.780. The van der Waals surface area contributed by atoms with E-state index in [1.807, 2.05) is 12.3 Å². The maximum atomic E-state index is 12.1. The monoisotopic (exact) mass is 308 g/mol. The van der Waals surface area contributed by atoms with E-state index in [-0.39, 0.29) is 6.04 Å². The number of benzene rings is 1. The van der Waals surface area contributed by atoms with Crippen molar-refractivity contribution in [3.8, 4) is 0 Å². The van der Waals surface area contributed by atoms with Crippen molar-refractivity contribution in [2.24, 2.45) is 0 Å². The van der Waals surface area contributed by atoms with Crippen LogP contribution in [0, 0.1) is 0 Å². The molecule has 114 valence electrons. The molecule has 0 radical (unpaired) electrons. The lowest BCUT2D eigenvalue weighted by molar-refractivity contribution is -0.139. The molecule has 0 bridgehead atoms. The lowest BCUT2D eigenvalue weighted by Crippen LogP contribution is -2.47. The summed E-state index contributed by atoms with van der Waals surface area (Å²) >= 11 is 1.75. The van der Waals surface area contributed by atoms with Gasteiger partial charge in [0.05, 0.1) is 0 Å². The molecule has 2 amide bonds. The number of amides is 2. The first-order valence-corrected chi connectivity index (χ1v) is 8.28. The van der Waals surface area contributed by atoms with Crippen LogP contribution in [-0.2, 0) is 4.79 Å². The van der Waals surface area contributed by atoms with Crippen LogP contribution >= 0.6 is 11.8 Å². The average Bonchev–Trinajstić information content (AvgIpc) is 2.92. The van der Waals surface area contributed by atoms with Crippen LogP contribution in [0.3, 0.4) is 0 Å². The lowest BCUT2D eigenvalue weighted by Gasteiger charge is -2.21. The van der Waals surface area contributed by atoms with Gasteiger partial charge >= 0.3 is 12.0 Å². The van der Waals surface area contributed by atoms with Gasteiger partial charge in [0.2, 0.25) is 0 Å². The fraction of sp³-hybridized carbons (Fsp3) is 0.467. The third kappa shape index (κ3) is 4.14. The second-order valence-electron chi connectivity index (χ2n) is 5.11. The van der Waals surface area contributed by atoms with Crippen LogP contribution in [0.5, 0.6) is 0 Å². The molecule has 0 spiro atoms. The Labute approximate surface area is 128 Å². The second-order valence-corrected chi connectivity index (χ2v) is 6.19. The number of carbonyl (C=O) groups is 2. The van der Waals surface area contributed by atoms with E-state index in [2.05, 4.69) is 10.6 Å². The largest absolute Gasteiger partial charge is 0.479 e. The minimum atomic E-state index is -1.07. The first kappa shape index (κ1) is 15.7. The average molecular weight is 308 g/mol. The maximum absolute atomic E-state index is 12.1. The van der Waals surface area contributed by atoms with E-state index in [0.717, 1.165) is 19.3 Å². The van der Waals surface area contributed by atoms with Crippen LogP contribution in [-0.4, -0.2) is 34.7 Å². The van der Waals surface area contributed by atoms with Crippen molar-refractivity contribution in [2.75, 3.05) is 6.26 Å². The van der Waals surface area contributed by atoms with Gasteiger partial charge in [0.25, 0.3) is 0 Å². The summed E-state index contributed by atoms with van der Waals surface area (Å²) in [5.41, 5.74) is 0.563. The molecule has 6 heteroatoms. The summed E-state index contributed by atoms with van der Waals surface area (Å²) in [4.78, 5) is 23.4. The maximum Gasteiger partial charge on any atom is 0.330 e. The molecule has 0 saturated heterocycles. The Bertz CT molecular complexity index is 495. The smallest absolute Gasteiger partial charge is 0.330 e. The van der Waals surface area contributed by atoms with Crippen molar-refractivity contribution in [3.63, 3.8) is 0 Å². The Balaban J connectivity index is 1.97. The van der Waals surface area contributed by atoms with Crippen molar-refractivity contribution in [3.05, 3.63) is 35.9 Å². The molecule has 0 aromatic heterocycles. The SMILES string of the molecule is CSC1CCCC1NC(=O)N[C@H](C(=O)O)c1ccccc1. The summed E-state index contributed by atoms with van der Waals surface area (Å²) in [5.74, 6) is -1.07. The topological polar surface area (TPSA) is 78.4 Å². The highest BCUT2D eigenvalue weighted by molar-refractivity contribution is 7.99. The van der Waals surface area contributed by atoms with E-state index in [0.29, 0.717) is 10.8 Å². The highest BCUT2D eigenvalue weighted by atomic mass is 32.2. The van der Waals surface area contributed by atoms with E-state index in [1.165, 1.54) is 0 Å². The van der Waals surface area contributed by atoms with Crippen LogP contribution in [0.1, 0.15) is 30.9 Å². The van der Waals surface area contributed by atoms with Crippen LogP contribution < -0.4 is 10.6 Å². The number of urea groups is 1. The zero-order valence-corrected chi connectivity index (χ0v) is 12.7. The van der Waals surface area contributed by atoms with Gasteiger partial charge in [0.15, 0.2) is 6.04 Å². The van der Waals surface area contributed by atoms with Gasteiger partial charge in [-0.3, -0.25) is 0 Å². The van der Waals surface area contributed by atoms with Crippen molar-refractivity contribution >= 4 is 23.8 Å². The van der Waals surface area contributed by atoms with E-state index in [1.54, 1.807) is 36.0 Å². The summed E-state index contributed by atoms with van der Waals surface area (Å²) in [7, 11) is 0. The predicted octanol–water partition coefficient (Wildman–Crippen LogP) is 2.40. The predicted molar refractivity (Wildman–Crippen MR) is 83.4 cm³/mol. The summed E-state index contributed by atoms with van der Waals surface area (Å²) in [6, 6.07) is 7.38. The van der Waals surface area contributed by atoms with Gasteiger partial charge in [-0.15, -0.1) is 0 Å². The van der Waals surface area contributed by atoms with Gasteiger partial charge in [-0.1, -0.05) is 36.8 Å². The Morgan fingerprint density at radius 3 is 2.62 bits per heavy atom. The highest BCUT2D eigenvalue weighted by Gasteiger charge is 2.29. The van der Waals surface area contributed by atoms with Crippen LogP contribution in [0.4, 0.5) is 4.79 Å². The number of hydrogen-bond donors (Lipinski definition) is 3. The van der Waals surface area contributed by atoms with Gasteiger partial charge in [-0.25, -0.2) is 9.59 Å². The molecule has 3 N–H and O–H groups in total. The van der Waals surface area contributed by atoms with E-state index < -0.39 is 18.0 Å². The molecule has 1 aromatic rings. The number of carboxylic acids is 1. The standard InChI is InChI=1S/C15H20N2O3S/c1-21-12-9-5-8-11(12)16-15(20)17-13(14(18)19)10-6-3-2-4-7-10/h2-4,6-7,11-13H,5,8-9H2,1H3,(H,18,19)(H2,16,17,20)/t11?,12?,13-/m0/s1. The summed E-state index contributed by atoms with van der Waals surface area (Å²) in [6.07, 6.45) is 5.17. The second kappa shape index (κ2) is 7.36. The van der Waals surface area contributed by atoms with Crippen molar-refractivity contribution in [2.45, 2.75) is 36.6 Å². The molecular weight excluding hydrogens is 288 g/mol. The Hall–Kier alpha value is -1.69. The number of thioether (sulfide) groups is 1. The molecule has 0 aliphatic heterocycles. The Morgan fingerprint density at radius 1 is 1.29 bits per heavy atom. The van der Waals surface area contributed by atoms with E-state index in [4.69, 9.17) is 0 Å². The summed E-state index contributed by atoms with van der Waals surface area (Å²) in [6.45, 7) is 0. The fourth-order valence-electron chi connectivity index (χ4n) is 2.65. The zero-order valence-electron chi connectivity index (χ0n) is 11.9. The summed E-state index contributed by atoms with van der Waals surface area (Å²) < 4.78 is 0. The van der Waals surface area contributed by atoms with E-state index >= 15 is 0 Å². The van der Waals surface area contributed by atoms with Gasteiger partial charge in [0, 0.05) is 11.3 Å². The lowest BCUT2D eigenvalue weighted by atomic mass is 10.1. The number of carboxylic acid groups (broad SMARTS) is 1. The molecule has 21 heavy (non-hydrogen) atoms. The Morgan fingerprint density at radius 2 is 2.00 bits per heavy atom. The molecule has 2 rings (SSSR count). The highest BCUT2D eigenvalue weighted by Crippen LogP contribution is 2.28. The van der Waals surface area contributed by atoms with Crippen LogP contribution in [0.15, 0.2) is 30.3 Å². The first-order valence-electron chi connectivity index (χ1n) is 6.99. The molecular formula is C15H20N2O3S. The van der Waals surface area contributed by atoms with Crippen LogP contribution in [0.25, 0.3) is 0 Å². The van der Waals surface area contributed by atoms with Gasteiger partial charge in [-0.05, 0) is 24.7 Å². The molecule has 5 nitrogen and oxygen atoms in total. The number of rotatable bonds is 5. The molecule has 1 aromatic carbocycles. The minimum Gasteiger partial charge on any atom is -0.479 e. The molecule has 1 fully saturated rings. The van der Waals surface area contributed by atoms with Crippen molar-refractivity contribution in [1.29, 1.82) is 0 Å². The molecule has 3 atom stereocenters. The number of aliphatic carboxylic acids is 1. The van der Waals surface area contributed by atoms with Crippen molar-refractivity contribution in [1.82, 2.24) is 10.6 Å². The van der Waals surface area contributed by atoms with Crippen molar-refractivity contribution < 1.29 is 14.7 Å². The van der Waals surface area contributed by atoms with Crippen LogP contribution in [0.2, 0.25) is 0 Å². The van der Waals surface area contributed by atoms with Gasteiger partial charge < -0.3 is 15.7 Å². The number of hydrogen-bond acceptors (Lipinski definition) is 3. The normalized spacial score (nSPS) is 22.5. The zero-order chi connectivity index (χ0) is 15.2. The molecule has 1 aliphatic carbocycles. The molecule has 0 heterocycles. The van der Waals surface area contributed by atoms with Gasteiger partial charge in [0.1, 0.15) is 0 Å². The summed E-state index contributed by atoms with van der Waals surface area (Å²) in [5, 5.41) is 15.1. The molecule has 1 saturated carbocycles. The molecule has 1 aliphatic rings. The van der Waals surface area contributed by atoms with Gasteiger partial charge in [-0.2, -0.15) is 11.8 Å². The Kier molecular flexibility index (Phi) is 5.50. The number of nitrogens with one attached hydrogen (secondary N) is 2. The fourth-order valence-corrected chi connectivity index (χ4v) is 3.58. The minimum absolute atomic E-state index is 0.116. The third-order valence-electron chi connectivity index (χ3n) is 3.73. The van der Waals surface area contributed by atoms with E-state index in [9.17, 15) is 14.7 Å². The first-order chi connectivity index (χ1) is 10.1. The number of carbonyl (C=O) groups excluding carboxylic acids is 1.